The second kappa shape index (κ2) is 6.56. The summed E-state index contributed by atoms with van der Waals surface area (Å²) < 4.78 is 8.33. The third-order valence-electron chi connectivity index (χ3n) is 4.44. The summed E-state index contributed by atoms with van der Waals surface area (Å²) in [7, 11) is 1.63. The van der Waals surface area contributed by atoms with Crippen LogP contribution in [0.2, 0.25) is 0 Å². The number of aryl methyl sites for hydroxylation is 1. The number of nitrogens with two attached hydrogens (primary N) is 1. The zero-order chi connectivity index (χ0) is 19.0. The fourth-order valence-electron chi connectivity index (χ4n) is 2.97. The zero-order valence-corrected chi connectivity index (χ0v) is 15.0. The Bertz CT molecular complexity index is 1190. The van der Waals surface area contributed by atoms with Gasteiger partial charge >= 0.3 is 0 Å². The number of ether oxygens (including phenoxy) is 1. The molecule has 0 fully saturated rings. The van der Waals surface area contributed by atoms with Crippen molar-refractivity contribution in [1.29, 1.82) is 0 Å². The van der Waals surface area contributed by atoms with Gasteiger partial charge in [-0.3, -0.25) is 9.36 Å². The average Bonchev–Trinajstić information content (AvgIpc) is 3.11. The van der Waals surface area contributed by atoms with E-state index in [0.29, 0.717) is 29.1 Å². The number of rotatable bonds is 4. The maximum atomic E-state index is 13.0. The molecule has 3 aromatic heterocycles. The lowest BCUT2D eigenvalue weighted by atomic mass is 10.1. The van der Waals surface area contributed by atoms with Crippen LogP contribution in [0.4, 0.5) is 5.82 Å². The Balaban J connectivity index is 1.78. The van der Waals surface area contributed by atoms with Gasteiger partial charge in [-0.25, -0.2) is 14.6 Å². The number of hydrogen-bond donors (Lipinski definition) is 1. The summed E-state index contributed by atoms with van der Waals surface area (Å²) in [5.41, 5.74) is 8.09. The van der Waals surface area contributed by atoms with Gasteiger partial charge in [0, 0.05) is 18.5 Å². The predicted molar refractivity (Wildman–Crippen MR) is 102 cm³/mol. The lowest BCUT2D eigenvalue weighted by Gasteiger charge is -2.11. The Morgan fingerprint density at radius 1 is 1.19 bits per heavy atom. The van der Waals surface area contributed by atoms with Gasteiger partial charge in [-0.1, -0.05) is 6.07 Å². The molecule has 4 rings (SSSR count). The molecule has 3 heterocycles. The van der Waals surface area contributed by atoms with Crippen LogP contribution >= 0.6 is 0 Å². The predicted octanol–water partition coefficient (Wildman–Crippen LogP) is 1.92. The zero-order valence-electron chi connectivity index (χ0n) is 15.0. The Hall–Kier alpha value is -3.68. The molecule has 136 valence electrons. The summed E-state index contributed by atoms with van der Waals surface area (Å²) in [4.78, 5) is 21.7. The second-order valence-corrected chi connectivity index (χ2v) is 6.19. The minimum absolute atomic E-state index is 0.140. The Kier molecular flexibility index (Phi) is 4.08. The van der Waals surface area contributed by atoms with Gasteiger partial charge in [-0.05, 0) is 36.2 Å². The standard InChI is InChI=1S/C19H18N6O2/c1-12-9-14(27-2)4-3-13(12)10-24-11-22-17-15(19(24)26)5-7-21-18(17)25-8-6-16(20)23-25/h3-9,11H,10H2,1-2H3,(H2,20,23). The minimum atomic E-state index is -0.140. The minimum Gasteiger partial charge on any atom is -0.497 e. The summed E-state index contributed by atoms with van der Waals surface area (Å²) in [5.74, 6) is 1.63. The van der Waals surface area contributed by atoms with Gasteiger partial charge in [-0.2, -0.15) is 0 Å². The fraction of sp³-hybridized carbons (Fsp3) is 0.158. The van der Waals surface area contributed by atoms with E-state index in [0.717, 1.165) is 16.9 Å². The van der Waals surface area contributed by atoms with E-state index in [9.17, 15) is 4.79 Å². The maximum Gasteiger partial charge on any atom is 0.261 e. The molecule has 0 bridgehead atoms. The third-order valence-corrected chi connectivity index (χ3v) is 4.44. The number of fused-ring (bicyclic) bond motifs is 1. The molecule has 0 saturated carbocycles. The number of pyridine rings is 1. The largest absolute Gasteiger partial charge is 0.497 e. The van der Waals surface area contributed by atoms with E-state index in [4.69, 9.17) is 10.5 Å². The topological polar surface area (TPSA) is 101 Å². The van der Waals surface area contributed by atoms with Crippen molar-refractivity contribution in [3.63, 3.8) is 0 Å². The van der Waals surface area contributed by atoms with Gasteiger partial charge in [0.25, 0.3) is 5.56 Å². The first-order valence-electron chi connectivity index (χ1n) is 8.36. The van der Waals surface area contributed by atoms with Crippen molar-refractivity contribution in [2.45, 2.75) is 13.5 Å². The van der Waals surface area contributed by atoms with E-state index in [1.807, 2.05) is 25.1 Å². The average molecular weight is 362 g/mol. The molecule has 2 N–H and O–H groups in total. The smallest absolute Gasteiger partial charge is 0.261 e. The normalized spacial score (nSPS) is 11.0. The van der Waals surface area contributed by atoms with Crippen molar-refractivity contribution >= 4 is 16.7 Å². The quantitative estimate of drug-likeness (QED) is 0.595. The van der Waals surface area contributed by atoms with Crippen LogP contribution in [0.15, 0.2) is 53.8 Å². The monoisotopic (exact) mass is 362 g/mol. The molecular weight excluding hydrogens is 344 g/mol. The second-order valence-electron chi connectivity index (χ2n) is 6.19. The first-order chi connectivity index (χ1) is 13.1. The molecule has 0 amide bonds. The molecule has 8 heteroatoms. The number of hydrogen-bond acceptors (Lipinski definition) is 6. The fourth-order valence-corrected chi connectivity index (χ4v) is 2.97. The number of nitrogen functional groups attached to an aromatic ring is 1. The summed E-state index contributed by atoms with van der Waals surface area (Å²) in [5, 5.41) is 4.62. The lowest BCUT2D eigenvalue weighted by molar-refractivity contribution is 0.414. The molecule has 0 spiro atoms. The van der Waals surface area contributed by atoms with Crippen LogP contribution < -0.4 is 16.0 Å². The van der Waals surface area contributed by atoms with Crippen LogP contribution in [-0.2, 0) is 6.54 Å². The van der Waals surface area contributed by atoms with Gasteiger partial charge < -0.3 is 10.5 Å². The summed E-state index contributed by atoms with van der Waals surface area (Å²) in [6, 6.07) is 9.10. The van der Waals surface area contributed by atoms with E-state index in [-0.39, 0.29) is 5.56 Å². The number of aromatic nitrogens is 5. The van der Waals surface area contributed by atoms with Crippen LogP contribution in [-0.4, -0.2) is 31.4 Å². The van der Waals surface area contributed by atoms with Crippen molar-refractivity contribution < 1.29 is 4.74 Å². The number of nitrogens with zero attached hydrogens (tertiary/aromatic N) is 5. The molecule has 8 nitrogen and oxygen atoms in total. The van der Waals surface area contributed by atoms with Crippen molar-refractivity contribution in [1.82, 2.24) is 24.3 Å². The van der Waals surface area contributed by atoms with Crippen molar-refractivity contribution in [3.8, 4) is 11.6 Å². The SMILES string of the molecule is COc1ccc(Cn2cnc3c(-n4ccc(N)n4)nccc3c2=O)c(C)c1. The number of anilines is 1. The number of methoxy groups -OCH3 is 1. The molecule has 0 aliphatic heterocycles. The molecule has 0 unspecified atom stereocenters. The molecule has 0 saturated heterocycles. The molecule has 4 aromatic rings. The summed E-state index contributed by atoms with van der Waals surface area (Å²) in [6.07, 6.45) is 4.79. The van der Waals surface area contributed by atoms with E-state index in [1.54, 1.807) is 36.2 Å². The lowest BCUT2D eigenvalue weighted by Crippen LogP contribution is -2.22. The van der Waals surface area contributed by atoms with Gasteiger partial charge in [0.2, 0.25) is 0 Å². The Labute approximate surface area is 154 Å². The molecule has 0 radical (unpaired) electrons. The van der Waals surface area contributed by atoms with E-state index < -0.39 is 0 Å². The van der Waals surface area contributed by atoms with Crippen LogP contribution in [0, 0.1) is 6.92 Å². The summed E-state index contributed by atoms with van der Waals surface area (Å²) in [6.45, 7) is 2.41. The first-order valence-corrected chi connectivity index (χ1v) is 8.36. The van der Waals surface area contributed by atoms with Gasteiger partial charge in [-0.15, -0.1) is 5.10 Å². The third kappa shape index (κ3) is 3.01. The van der Waals surface area contributed by atoms with E-state index in [2.05, 4.69) is 15.1 Å². The molecule has 0 aliphatic rings. The highest BCUT2D eigenvalue weighted by Gasteiger charge is 2.12. The number of benzene rings is 1. The maximum absolute atomic E-state index is 13.0. The van der Waals surface area contributed by atoms with Crippen LogP contribution in [0.5, 0.6) is 5.75 Å². The Morgan fingerprint density at radius 3 is 2.74 bits per heavy atom. The van der Waals surface area contributed by atoms with E-state index in [1.165, 1.54) is 11.0 Å². The van der Waals surface area contributed by atoms with Crippen molar-refractivity contribution in [2.75, 3.05) is 12.8 Å². The van der Waals surface area contributed by atoms with Crippen molar-refractivity contribution in [3.05, 3.63) is 70.5 Å². The van der Waals surface area contributed by atoms with Gasteiger partial charge in [0.05, 0.1) is 25.4 Å². The highest BCUT2D eigenvalue weighted by molar-refractivity contribution is 5.83. The highest BCUT2D eigenvalue weighted by atomic mass is 16.5. The highest BCUT2D eigenvalue weighted by Crippen LogP contribution is 2.18. The van der Waals surface area contributed by atoms with Crippen LogP contribution in [0.25, 0.3) is 16.7 Å². The molecule has 27 heavy (non-hydrogen) atoms. The van der Waals surface area contributed by atoms with Crippen LogP contribution in [0.1, 0.15) is 11.1 Å². The molecule has 0 atom stereocenters. The van der Waals surface area contributed by atoms with Gasteiger partial charge in [0.1, 0.15) is 17.1 Å². The Morgan fingerprint density at radius 2 is 2.04 bits per heavy atom. The van der Waals surface area contributed by atoms with Crippen molar-refractivity contribution in [2.24, 2.45) is 0 Å². The summed E-state index contributed by atoms with van der Waals surface area (Å²) >= 11 is 0. The molecular formula is C19H18N6O2. The van der Waals surface area contributed by atoms with Crippen LogP contribution in [0.3, 0.4) is 0 Å². The van der Waals surface area contributed by atoms with Gasteiger partial charge in [0.15, 0.2) is 5.82 Å². The molecule has 0 aliphatic carbocycles. The van der Waals surface area contributed by atoms with E-state index >= 15 is 0 Å². The first kappa shape index (κ1) is 16.8. The molecule has 1 aromatic carbocycles.